The van der Waals surface area contributed by atoms with E-state index in [2.05, 4.69) is 36.8 Å². The molecule has 1 fully saturated rings. The van der Waals surface area contributed by atoms with Crippen molar-refractivity contribution in [2.45, 2.75) is 11.7 Å². The molecule has 2 amide bonds. The molecule has 0 spiro atoms. The minimum Gasteiger partial charge on any atom is -0.497 e. The van der Waals surface area contributed by atoms with Crippen molar-refractivity contribution in [3.8, 4) is 5.75 Å². The van der Waals surface area contributed by atoms with Gasteiger partial charge in [-0.15, -0.1) is 5.10 Å². The average Bonchev–Trinajstić information content (AvgIpc) is 3.03. The van der Waals surface area contributed by atoms with Gasteiger partial charge in [0.1, 0.15) is 11.0 Å². The maximum absolute atomic E-state index is 12.2. The van der Waals surface area contributed by atoms with Gasteiger partial charge in [0, 0.05) is 16.6 Å². The van der Waals surface area contributed by atoms with Crippen molar-refractivity contribution in [1.29, 1.82) is 0 Å². The summed E-state index contributed by atoms with van der Waals surface area (Å²) in [5.41, 5.74) is 1.53. The van der Waals surface area contributed by atoms with Gasteiger partial charge in [-0.2, -0.15) is 5.10 Å². The molecule has 2 N–H and O–H groups in total. The van der Waals surface area contributed by atoms with E-state index in [1.165, 1.54) is 11.8 Å². The third-order valence-electron chi connectivity index (χ3n) is 3.75. The number of halogens is 1. The molecule has 2 aromatic carbocycles. The van der Waals surface area contributed by atoms with Crippen molar-refractivity contribution >= 4 is 56.6 Å². The van der Waals surface area contributed by atoms with E-state index in [1.807, 2.05) is 36.4 Å². The summed E-state index contributed by atoms with van der Waals surface area (Å²) in [4.78, 5) is 24.2. The summed E-state index contributed by atoms with van der Waals surface area (Å²) in [6.07, 6.45) is 1.63. The third kappa shape index (κ3) is 5.67. The van der Waals surface area contributed by atoms with Gasteiger partial charge in [0.2, 0.25) is 11.8 Å². The van der Waals surface area contributed by atoms with Crippen LogP contribution in [-0.2, 0) is 9.59 Å². The molecule has 0 aliphatic carbocycles. The Morgan fingerprint density at radius 2 is 1.96 bits per heavy atom. The number of benzene rings is 2. The molecule has 1 aliphatic rings. The fourth-order valence-electron chi connectivity index (χ4n) is 2.34. The number of hydrogen-bond donors (Lipinski definition) is 2. The Kier molecular flexibility index (Phi) is 6.83. The van der Waals surface area contributed by atoms with Crippen LogP contribution >= 0.6 is 27.7 Å². The summed E-state index contributed by atoms with van der Waals surface area (Å²) in [7, 11) is 1.60. The predicted molar refractivity (Wildman–Crippen MR) is 115 cm³/mol. The summed E-state index contributed by atoms with van der Waals surface area (Å²) in [5.74, 6) is 0.263. The van der Waals surface area contributed by atoms with Crippen molar-refractivity contribution in [3.63, 3.8) is 0 Å². The van der Waals surface area contributed by atoms with E-state index in [0.717, 1.165) is 15.8 Å². The Bertz CT molecular complexity index is 914. The summed E-state index contributed by atoms with van der Waals surface area (Å²) < 4.78 is 6.02. The van der Waals surface area contributed by atoms with Gasteiger partial charge in [0.05, 0.1) is 13.3 Å². The number of amides is 2. The van der Waals surface area contributed by atoms with Gasteiger partial charge >= 0.3 is 0 Å². The standard InChI is InChI=1S/C19H17BrN4O3S/c1-27-15-8-2-12(3-9-15)11-21-24-19-23-18(26)16(28-19)10-17(25)22-14-6-4-13(20)5-7-14/h2-9,11,16H,10H2,1H3,(H,22,25)(H,23,24,26)/b21-11+. The van der Waals surface area contributed by atoms with Crippen LogP contribution in [0, 0.1) is 0 Å². The molecule has 3 rings (SSSR count). The number of carbonyl (C=O) groups is 2. The Morgan fingerprint density at radius 1 is 1.25 bits per heavy atom. The zero-order valence-corrected chi connectivity index (χ0v) is 17.3. The van der Waals surface area contributed by atoms with Crippen LogP contribution in [0.4, 0.5) is 5.69 Å². The Morgan fingerprint density at radius 3 is 2.64 bits per heavy atom. The molecule has 144 valence electrons. The first-order chi connectivity index (χ1) is 13.5. The SMILES string of the molecule is COc1ccc(/C=N/N=C2/NC(=O)C(CC(=O)Nc3ccc(Br)cc3)S2)cc1. The molecule has 1 unspecified atom stereocenters. The molecule has 1 atom stereocenters. The van der Waals surface area contributed by atoms with Crippen LogP contribution in [0.25, 0.3) is 0 Å². The number of thioether (sulfide) groups is 1. The lowest BCUT2D eigenvalue weighted by atomic mass is 10.2. The largest absolute Gasteiger partial charge is 0.497 e. The number of amidine groups is 1. The highest BCUT2D eigenvalue weighted by Gasteiger charge is 2.32. The van der Waals surface area contributed by atoms with Gasteiger partial charge < -0.3 is 15.4 Å². The number of methoxy groups -OCH3 is 1. The third-order valence-corrected chi connectivity index (χ3v) is 5.35. The van der Waals surface area contributed by atoms with Gasteiger partial charge in [0.25, 0.3) is 0 Å². The molecular weight excluding hydrogens is 444 g/mol. The number of nitrogens with one attached hydrogen (secondary N) is 2. The number of carbonyl (C=O) groups excluding carboxylic acids is 2. The monoisotopic (exact) mass is 460 g/mol. The quantitative estimate of drug-likeness (QED) is 0.510. The fraction of sp³-hybridized carbons (Fsp3) is 0.158. The molecule has 0 radical (unpaired) electrons. The normalized spacial score (nSPS) is 17.7. The zero-order valence-electron chi connectivity index (χ0n) is 14.9. The van der Waals surface area contributed by atoms with Crippen molar-refractivity contribution < 1.29 is 14.3 Å². The lowest BCUT2D eigenvalue weighted by Crippen LogP contribution is -2.28. The van der Waals surface area contributed by atoms with Crippen molar-refractivity contribution in [1.82, 2.24) is 5.32 Å². The van der Waals surface area contributed by atoms with Crippen LogP contribution in [-0.4, -0.2) is 35.6 Å². The molecule has 1 saturated heterocycles. The summed E-state index contributed by atoms with van der Waals surface area (Å²) in [6, 6.07) is 14.6. The minimum atomic E-state index is -0.537. The molecule has 0 aromatic heterocycles. The zero-order chi connectivity index (χ0) is 19.9. The molecule has 0 bridgehead atoms. The predicted octanol–water partition coefficient (Wildman–Crippen LogP) is 3.41. The van der Waals surface area contributed by atoms with E-state index in [9.17, 15) is 9.59 Å². The average molecular weight is 461 g/mol. The first-order valence-corrected chi connectivity index (χ1v) is 9.99. The number of rotatable bonds is 6. The molecule has 2 aromatic rings. The molecule has 1 aliphatic heterocycles. The number of nitrogens with zero attached hydrogens (tertiary/aromatic N) is 2. The minimum absolute atomic E-state index is 0.0494. The topological polar surface area (TPSA) is 92.2 Å². The highest BCUT2D eigenvalue weighted by atomic mass is 79.9. The second-order valence-electron chi connectivity index (χ2n) is 5.78. The van der Waals surface area contributed by atoms with E-state index in [-0.39, 0.29) is 18.2 Å². The lowest BCUT2D eigenvalue weighted by Gasteiger charge is -2.07. The Balaban J connectivity index is 1.53. The van der Waals surface area contributed by atoms with E-state index in [4.69, 9.17) is 4.74 Å². The van der Waals surface area contributed by atoms with Crippen LogP contribution in [0.3, 0.4) is 0 Å². The molecule has 7 nitrogen and oxygen atoms in total. The van der Waals surface area contributed by atoms with Crippen molar-refractivity contribution in [3.05, 3.63) is 58.6 Å². The summed E-state index contributed by atoms with van der Waals surface area (Å²) in [6.45, 7) is 0. The number of anilines is 1. The van der Waals surface area contributed by atoms with E-state index >= 15 is 0 Å². The van der Waals surface area contributed by atoms with Crippen LogP contribution in [0.1, 0.15) is 12.0 Å². The van der Waals surface area contributed by atoms with Crippen LogP contribution in [0.2, 0.25) is 0 Å². The molecule has 9 heteroatoms. The molecule has 0 saturated carbocycles. The highest BCUT2D eigenvalue weighted by Crippen LogP contribution is 2.23. The molecule has 28 heavy (non-hydrogen) atoms. The van der Waals surface area contributed by atoms with Gasteiger partial charge in [0.15, 0.2) is 5.17 Å². The van der Waals surface area contributed by atoms with Crippen LogP contribution < -0.4 is 15.4 Å². The smallest absolute Gasteiger partial charge is 0.240 e. The van der Waals surface area contributed by atoms with Crippen molar-refractivity contribution in [2.24, 2.45) is 10.2 Å². The second-order valence-corrected chi connectivity index (χ2v) is 7.88. The number of hydrogen-bond acceptors (Lipinski definition) is 6. The van der Waals surface area contributed by atoms with Crippen molar-refractivity contribution in [2.75, 3.05) is 12.4 Å². The lowest BCUT2D eigenvalue weighted by molar-refractivity contribution is -0.122. The highest BCUT2D eigenvalue weighted by molar-refractivity contribution is 9.10. The van der Waals surface area contributed by atoms with Crippen LogP contribution in [0.5, 0.6) is 5.75 Å². The van der Waals surface area contributed by atoms with Gasteiger partial charge in [-0.05, 0) is 54.1 Å². The second kappa shape index (κ2) is 9.52. The first-order valence-electron chi connectivity index (χ1n) is 8.31. The maximum Gasteiger partial charge on any atom is 0.240 e. The van der Waals surface area contributed by atoms with E-state index in [0.29, 0.717) is 10.9 Å². The Hall–Kier alpha value is -2.65. The summed E-state index contributed by atoms with van der Waals surface area (Å²) in [5, 5.41) is 13.2. The maximum atomic E-state index is 12.2. The van der Waals surface area contributed by atoms with Gasteiger partial charge in [-0.25, -0.2) is 0 Å². The van der Waals surface area contributed by atoms with Crippen LogP contribution in [0.15, 0.2) is 63.2 Å². The fourth-order valence-corrected chi connectivity index (χ4v) is 3.53. The molecule has 1 heterocycles. The Labute approximate surface area is 174 Å². The molecular formula is C19H17BrN4O3S. The van der Waals surface area contributed by atoms with Gasteiger partial charge in [-0.1, -0.05) is 27.7 Å². The first kappa shape index (κ1) is 20.1. The number of ether oxygens (including phenoxy) is 1. The van der Waals surface area contributed by atoms with Gasteiger partial charge in [-0.3, -0.25) is 9.59 Å². The summed E-state index contributed by atoms with van der Waals surface area (Å²) >= 11 is 4.53. The van der Waals surface area contributed by atoms with E-state index < -0.39 is 5.25 Å². The van der Waals surface area contributed by atoms with E-state index in [1.54, 1.807) is 25.5 Å².